The van der Waals surface area contributed by atoms with Gasteiger partial charge < -0.3 is 4.57 Å². The first-order valence-electron chi connectivity index (χ1n) is 12.0. The van der Waals surface area contributed by atoms with Gasteiger partial charge in [-0.1, -0.05) is 78.9 Å². The monoisotopic (exact) mass is 496 g/mol. The standard InChI is InChI=1S/C32H20N2O2S/c1-34-27(21-13-11-20(12-14-21)19-7-3-2-4-8-19)18-28-32(34)33-29(37-28)17-26-30(35)24-15-22-9-5-6-10-23(22)16-25(24)31(26)36/h2-18H,1H3. The lowest BCUT2D eigenvalue weighted by atomic mass is 10.0. The van der Waals surface area contributed by atoms with Gasteiger partial charge in [-0.25, -0.2) is 4.98 Å². The molecule has 4 aromatic carbocycles. The van der Waals surface area contributed by atoms with Gasteiger partial charge in [-0.05, 0) is 51.7 Å². The van der Waals surface area contributed by atoms with Crippen LogP contribution >= 0.6 is 11.3 Å². The highest BCUT2D eigenvalue weighted by Crippen LogP contribution is 2.35. The molecule has 0 fully saturated rings. The van der Waals surface area contributed by atoms with Crippen molar-refractivity contribution in [3.8, 4) is 22.4 Å². The highest BCUT2D eigenvalue weighted by molar-refractivity contribution is 7.19. The fourth-order valence-corrected chi connectivity index (χ4v) is 6.06. The molecule has 1 aliphatic carbocycles. The van der Waals surface area contributed by atoms with Crippen molar-refractivity contribution in [3.63, 3.8) is 0 Å². The lowest BCUT2D eigenvalue weighted by Gasteiger charge is -2.06. The maximum Gasteiger partial charge on any atom is 0.197 e. The Balaban J connectivity index is 1.22. The number of benzene rings is 4. The molecule has 4 nitrogen and oxygen atoms in total. The van der Waals surface area contributed by atoms with Gasteiger partial charge in [0.1, 0.15) is 5.01 Å². The Morgan fingerprint density at radius 1 is 0.703 bits per heavy atom. The Morgan fingerprint density at radius 2 is 1.27 bits per heavy atom. The molecule has 0 N–H and O–H groups in total. The molecule has 1 aliphatic rings. The average molecular weight is 497 g/mol. The van der Waals surface area contributed by atoms with E-state index >= 15 is 0 Å². The molecule has 0 aliphatic heterocycles. The summed E-state index contributed by atoms with van der Waals surface area (Å²) in [6, 6.07) is 32.4. The molecule has 5 heteroatoms. The van der Waals surface area contributed by atoms with Crippen LogP contribution in [0.3, 0.4) is 0 Å². The summed E-state index contributed by atoms with van der Waals surface area (Å²) in [7, 11) is 1.99. The zero-order valence-corrected chi connectivity index (χ0v) is 20.8. The second kappa shape index (κ2) is 8.22. The summed E-state index contributed by atoms with van der Waals surface area (Å²) in [6.07, 6.45) is 1.65. The van der Waals surface area contributed by atoms with Crippen LogP contribution in [0.1, 0.15) is 25.7 Å². The largest absolute Gasteiger partial charge is 0.328 e. The van der Waals surface area contributed by atoms with Crippen LogP contribution in [0.4, 0.5) is 0 Å². The zero-order valence-electron chi connectivity index (χ0n) is 19.9. The lowest BCUT2D eigenvalue weighted by Crippen LogP contribution is -2.00. The van der Waals surface area contributed by atoms with Crippen molar-refractivity contribution >= 4 is 50.1 Å². The molecule has 37 heavy (non-hydrogen) atoms. The summed E-state index contributed by atoms with van der Waals surface area (Å²) in [5.41, 5.74) is 6.49. The van der Waals surface area contributed by atoms with Crippen LogP contribution in [0.2, 0.25) is 0 Å². The SMILES string of the molecule is Cn1c(-c2ccc(-c3ccccc3)cc2)cc2sc(C=C3C(=O)c4cc5ccccc5cc4C3=O)nc21. The van der Waals surface area contributed by atoms with Crippen LogP contribution in [0.5, 0.6) is 0 Å². The van der Waals surface area contributed by atoms with E-state index in [1.807, 2.05) is 61.6 Å². The van der Waals surface area contributed by atoms with Crippen LogP contribution < -0.4 is 0 Å². The number of Topliss-reactive ketones (excluding diaryl/α,β-unsaturated/α-hetero) is 2. The van der Waals surface area contributed by atoms with Gasteiger partial charge in [0.15, 0.2) is 17.2 Å². The summed E-state index contributed by atoms with van der Waals surface area (Å²) < 4.78 is 3.07. The van der Waals surface area contributed by atoms with Gasteiger partial charge in [-0.15, -0.1) is 11.3 Å². The minimum Gasteiger partial charge on any atom is -0.328 e. The molecule has 176 valence electrons. The summed E-state index contributed by atoms with van der Waals surface area (Å²) in [4.78, 5) is 31.0. The van der Waals surface area contributed by atoms with E-state index in [0.717, 1.165) is 32.4 Å². The van der Waals surface area contributed by atoms with Gasteiger partial charge in [-0.2, -0.15) is 0 Å². The van der Waals surface area contributed by atoms with Crippen molar-refractivity contribution < 1.29 is 9.59 Å². The molecular formula is C32H20N2O2S. The third-order valence-corrected chi connectivity index (χ3v) is 7.96. The molecule has 0 amide bonds. The number of thiazole rings is 1. The number of carbonyl (C=O) groups is 2. The first kappa shape index (κ1) is 21.7. The van der Waals surface area contributed by atoms with Crippen LogP contribution in [0.25, 0.3) is 49.6 Å². The first-order chi connectivity index (χ1) is 18.1. The number of hydrogen-bond acceptors (Lipinski definition) is 4. The second-order valence-corrected chi connectivity index (χ2v) is 10.3. The molecular weight excluding hydrogens is 476 g/mol. The van der Waals surface area contributed by atoms with E-state index in [0.29, 0.717) is 16.1 Å². The van der Waals surface area contributed by atoms with Crippen molar-refractivity contribution in [2.24, 2.45) is 7.05 Å². The quantitative estimate of drug-likeness (QED) is 0.187. The van der Waals surface area contributed by atoms with Gasteiger partial charge in [-0.3, -0.25) is 9.59 Å². The Bertz CT molecular complexity index is 1850. The average Bonchev–Trinajstić information content (AvgIpc) is 3.55. The third-order valence-electron chi connectivity index (χ3n) is 7.02. The maximum atomic E-state index is 13.1. The third kappa shape index (κ3) is 3.47. The van der Waals surface area contributed by atoms with E-state index in [-0.39, 0.29) is 17.1 Å². The fourth-order valence-electron chi connectivity index (χ4n) is 5.08. The van der Waals surface area contributed by atoms with E-state index in [4.69, 9.17) is 4.98 Å². The summed E-state index contributed by atoms with van der Waals surface area (Å²) in [5, 5.41) is 2.56. The molecule has 0 saturated carbocycles. The highest BCUT2D eigenvalue weighted by Gasteiger charge is 2.33. The van der Waals surface area contributed by atoms with E-state index < -0.39 is 0 Å². The number of hydrogen-bond donors (Lipinski definition) is 0. The Morgan fingerprint density at radius 3 is 1.89 bits per heavy atom. The number of carbonyl (C=O) groups excluding carboxylic acids is 2. The number of rotatable bonds is 3. The van der Waals surface area contributed by atoms with Gasteiger partial charge in [0.2, 0.25) is 0 Å². The van der Waals surface area contributed by atoms with Crippen molar-refractivity contribution in [1.29, 1.82) is 0 Å². The van der Waals surface area contributed by atoms with Crippen LogP contribution in [-0.2, 0) is 7.05 Å². The van der Waals surface area contributed by atoms with Gasteiger partial charge in [0.25, 0.3) is 0 Å². The predicted octanol–water partition coefficient (Wildman–Crippen LogP) is 7.58. The molecule has 0 unspecified atom stereocenters. The van der Waals surface area contributed by atoms with Crippen molar-refractivity contribution in [2.45, 2.75) is 0 Å². The van der Waals surface area contributed by atoms with E-state index in [2.05, 4.69) is 47.0 Å². The zero-order chi connectivity index (χ0) is 25.1. The molecule has 0 atom stereocenters. The summed E-state index contributed by atoms with van der Waals surface area (Å²) in [5.74, 6) is -0.464. The van der Waals surface area contributed by atoms with Crippen LogP contribution in [-0.4, -0.2) is 21.1 Å². The summed E-state index contributed by atoms with van der Waals surface area (Å²) >= 11 is 1.49. The number of ketones is 2. The molecule has 0 radical (unpaired) electrons. The van der Waals surface area contributed by atoms with Gasteiger partial charge >= 0.3 is 0 Å². The predicted molar refractivity (Wildman–Crippen MR) is 150 cm³/mol. The lowest BCUT2D eigenvalue weighted by molar-refractivity contribution is 0.0990. The number of fused-ring (bicyclic) bond motifs is 3. The Labute approximate surface area is 217 Å². The van der Waals surface area contributed by atoms with E-state index in [1.54, 1.807) is 6.08 Å². The van der Waals surface area contributed by atoms with E-state index in [9.17, 15) is 9.59 Å². The Kier molecular flexibility index (Phi) is 4.81. The smallest absolute Gasteiger partial charge is 0.197 e. The molecule has 0 saturated heterocycles. The van der Waals surface area contributed by atoms with Gasteiger partial charge in [0, 0.05) is 18.2 Å². The number of allylic oxidation sites excluding steroid dienone is 1. The first-order valence-corrected chi connectivity index (χ1v) is 12.8. The summed E-state index contributed by atoms with van der Waals surface area (Å²) in [6.45, 7) is 0. The molecule has 2 aromatic heterocycles. The minimum absolute atomic E-state index is 0.182. The maximum absolute atomic E-state index is 13.1. The normalized spacial score (nSPS) is 13.1. The number of aryl methyl sites for hydroxylation is 1. The molecule has 0 bridgehead atoms. The highest BCUT2D eigenvalue weighted by atomic mass is 32.1. The molecule has 0 spiro atoms. The van der Waals surface area contributed by atoms with Crippen LogP contribution in [0.15, 0.2) is 103 Å². The van der Waals surface area contributed by atoms with Crippen LogP contribution in [0, 0.1) is 0 Å². The van der Waals surface area contributed by atoms with Crippen molar-refractivity contribution in [1.82, 2.24) is 9.55 Å². The Hall–Kier alpha value is -4.61. The number of nitrogens with zero attached hydrogens (tertiary/aromatic N) is 2. The fraction of sp³-hybridized carbons (Fsp3) is 0.0312. The molecule has 2 heterocycles. The van der Waals surface area contributed by atoms with Gasteiger partial charge in [0.05, 0.1) is 16.0 Å². The van der Waals surface area contributed by atoms with E-state index in [1.165, 1.54) is 22.5 Å². The molecule has 7 rings (SSSR count). The van der Waals surface area contributed by atoms with Crippen molar-refractivity contribution in [2.75, 3.05) is 0 Å². The minimum atomic E-state index is -0.232. The number of aromatic nitrogens is 2. The second-order valence-electron chi connectivity index (χ2n) is 9.23. The molecule has 6 aromatic rings. The van der Waals surface area contributed by atoms with Crippen molar-refractivity contribution in [3.05, 3.63) is 119 Å². The topological polar surface area (TPSA) is 52.0 Å².